The van der Waals surface area contributed by atoms with E-state index < -0.39 is 7.60 Å². The lowest BCUT2D eigenvalue weighted by molar-refractivity contribution is -0.110. The van der Waals surface area contributed by atoms with Crippen LogP contribution in [0.4, 0.5) is 5.69 Å². The van der Waals surface area contributed by atoms with Crippen LogP contribution in [0.3, 0.4) is 0 Å². The van der Waals surface area contributed by atoms with E-state index in [1.165, 1.54) is 0 Å². The van der Waals surface area contributed by atoms with Crippen molar-refractivity contribution in [3.05, 3.63) is 64.2 Å². The molecule has 1 aliphatic heterocycles. The second kappa shape index (κ2) is 9.06. The molecule has 1 amide bonds. The molecule has 1 N–H and O–H groups in total. The Labute approximate surface area is 170 Å². The molecule has 1 aliphatic rings. The molecule has 0 spiro atoms. The van der Waals surface area contributed by atoms with E-state index in [4.69, 9.17) is 20.6 Å². The van der Waals surface area contributed by atoms with Crippen LogP contribution in [0.5, 0.6) is 0 Å². The predicted octanol–water partition coefficient (Wildman–Crippen LogP) is 5.64. The lowest BCUT2D eigenvalue weighted by Crippen LogP contribution is -2.04. The smallest absolute Gasteiger partial charge is 0.321 e. The molecule has 0 saturated carbocycles. The summed E-state index contributed by atoms with van der Waals surface area (Å²) < 4.78 is 23.3. The molecular formula is C21H23ClNO4P. The summed E-state index contributed by atoms with van der Waals surface area (Å²) >= 11 is 5.92. The summed E-state index contributed by atoms with van der Waals surface area (Å²) in [5.41, 5.74) is 4.08. The summed E-state index contributed by atoms with van der Waals surface area (Å²) in [6.07, 6.45) is 2.68. The minimum absolute atomic E-state index is 0.142. The van der Waals surface area contributed by atoms with Crippen molar-refractivity contribution in [1.29, 1.82) is 0 Å². The molecule has 148 valence electrons. The van der Waals surface area contributed by atoms with Gasteiger partial charge in [0.1, 0.15) is 0 Å². The molecule has 28 heavy (non-hydrogen) atoms. The second-order valence-corrected chi connectivity index (χ2v) is 8.99. The average molecular weight is 420 g/mol. The highest BCUT2D eigenvalue weighted by molar-refractivity contribution is 7.53. The number of amides is 1. The highest BCUT2D eigenvalue weighted by atomic mass is 35.5. The minimum atomic E-state index is -3.09. The molecule has 5 nitrogen and oxygen atoms in total. The molecule has 0 aliphatic carbocycles. The van der Waals surface area contributed by atoms with Crippen LogP contribution in [0.2, 0.25) is 5.02 Å². The minimum Gasteiger partial charge on any atom is -0.321 e. The first-order chi connectivity index (χ1) is 13.4. The lowest BCUT2D eigenvalue weighted by atomic mass is 10.0. The van der Waals surface area contributed by atoms with Gasteiger partial charge in [-0.15, -0.1) is 0 Å². The van der Waals surface area contributed by atoms with Gasteiger partial charge in [0.2, 0.25) is 0 Å². The van der Waals surface area contributed by atoms with Crippen molar-refractivity contribution in [2.24, 2.45) is 0 Å². The molecule has 7 heteroatoms. The summed E-state index contributed by atoms with van der Waals surface area (Å²) in [6, 6.07) is 13.1. The van der Waals surface area contributed by atoms with E-state index in [9.17, 15) is 9.36 Å². The Morgan fingerprint density at radius 1 is 1.07 bits per heavy atom. The zero-order valence-electron chi connectivity index (χ0n) is 15.9. The maximum absolute atomic E-state index is 12.6. The van der Waals surface area contributed by atoms with Crippen LogP contribution in [0.1, 0.15) is 30.5 Å². The standard InChI is InChI=1S/C21H23ClNO4P/c1-3-26-28(25,27-4-2)12-11-16-7-10-18-19(21(24)23-20(18)14-16)13-15-5-8-17(22)9-6-15/h5-10,13-14H,3-4,11-12H2,1-2H3,(H,23,24)/b19-13-. The van der Waals surface area contributed by atoms with Crippen molar-refractivity contribution in [1.82, 2.24) is 0 Å². The molecule has 0 radical (unpaired) electrons. The van der Waals surface area contributed by atoms with Crippen molar-refractivity contribution in [3.63, 3.8) is 0 Å². The Kier molecular flexibility index (Phi) is 6.73. The van der Waals surface area contributed by atoms with Gasteiger partial charge in [-0.05, 0) is 55.7 Å². The van der Waals surface area contributed by atoms with Gasteiger partial charge in [0.15, 0.2) is 0 Å². The number of nitrogens with one attached hydrogen (secondary N) is 1. The van der Waals surface area contributed by atoms with Crippen molar-refractivity contribution in [3.8, 4) is 0 Å². The van der Waals surface area contributed by atoms with E-state index in [0.29, 0.717) is 36.4 Å². The number of hydrogen-bond acceptors (Lipinski definition) is 4. The largest absolute Gasteiger partial charge is 0.330 e. The van der Waals surface area contributed by atoms with Gasteiger partial charge >= 0.3 is 7.60 Å². The summed E-state index contributed by atoms with van der Waals surface area (Å²) in [7, 11) is -3.09. The predicted molar refractivity (Wildman–Crippen MR) is 114 cm³/mol. The van der Waals surface area contributed by atoms with Gasteiger partial charge in [0.25, 0.3) is 5.91 Å². The Hall–Kier alpha value is -1.91. The lowest BCUT2D eigenvalue weighted by Gasteiger charge is -2.17. The number of anilines is 1. The molecule has 0 fully saturated rings. The number of carbonyl (C=O) groups is 1. The number of aryl methyl sites for hydroxylation is 1. The molecule has 0 bridgehead atoms. The number of benzene rings is 2. The van der Waals surface area contributed by atoms with Gasteiger partial charge in [0, 0.05) is 21.8 Å². The van der Waals surface area contributed by atoms with Crippen LogP contribution in [-0.2, 0) is 24.8 Å². The third-order valence-electron chi connectivity index (χ3n) is 4.37. The van der Waals surface area contributed by atoms with Gasteiger partial charge in [-0.25, -0.2) is 0 Å². The van der Waals surface area contributed by atoms with Crippen LogP contribution in [-0.4, -0.2) is 25.3 Å². The van der Waals surface area contributed by atoms with Crippen LogP contribution in [0, 0.1) is 0 Å². The monoisotopic (exact) mass is 419 g/mol. The number of carbonyl (C=O) groups excluding carboxylic acids is 1. The zero-order chi connectivity index (χ0) is 20.1. The quantitative estimate of drug-likeness (QED) is 0.444. The molecule has 2 aromatic rings. The van der Waals surface area contributed by atoms with Crippen molar-refractivity contribution in [2.45, 2.75) is 20.3 Å². The van der Waals surface area contributed by atoms with E-state index >= 15 is 0 Å². The van der Waals surface area contributed by atoms with Gasteiger partial charge in [0.05, 0.1) is 19.4 Å². The van der Waals surface area contributed by atoms with Crippen molar-refractivity contribution < 1.29 is 18.4 Å². The van der Waals surface area contributed by atoms with Gasteiger partial charge in [-0.3, -0.25) is 9.36 Å². The van der Waals surface area contributed by atoms with Gasteiger partial charge in [-0.1, -0.05) is 35.9 Å². The van der Waals surface area contributed by atoms with Crippen LogP contribution in [0.25, 0.3) is 11.6 Å². The second-order valence-electron chi connectivity index (χ2n) is 6.36. The molecule has 0 aromatic heterocycles. The summed E-state index contributed by atoms with van der Waals surface area (Å²) in [5, 5.41) is 3.55. The van der Waals surface area contributed by atoms with E-state index in [0.717, 1.165) is 22.4 Å². The molecular weight excluding hydrogens is 397 g/mol. The third-order valence-corrected chi connectivity index (χ3v) is 6.70. The topological polar surface area (TPSA) is 64.6 Å². The fourth-order valence-corrected chi connectivity index (χ4v) is 4.87. The Balaban J connectivity index is 1.79. The fraction of sp³-hybridized carbons (Fsp3) is 0.286. The van der Waals surface area contributed by atoms with Crippen molar-refractivity contribution in [2.75, 3.05) is 24.7 Å². The number of halogens is 1. The third kappa shape index (κ3) is 4.92. The molecule has 0 saturated heterocycles. The SMILES string of the molecule is CCOP(=O)(CCc1ccc2c(c1)NC(=O)/C2=C\c1ccc(Cl)cc1)OCC. The first-order valence-corrected chi connectivity index (χ1v) is 11.3. The number of fused-ring (bicyclic) bond motifs is 1. The highest BCUT2D eigenvalue weighted by Gasteiger charge is 2.26. The average Bonchev–Trinajstić information content (AvgIpc) is 2.97. The Morgan fingerprint density at radius 2 is 1.75 bits per heavy atom. The molecule has 2 aromatic carbocycles. The zero-order valence-corrected chi connectivity index (χ0v) is 17.6. The maximum atomic E-state index is 12.6. The molecule has 1 heterocycles. The molecule has 3 rings (SSSR count). The normalized spacial score (nSPS) is 15.0. The molecule has 0 unspecified atom stereocenters. The Bertz CT molecular complexity index is 930. The van der Waals surface area contributed by atoms with Gasteiger partial charge < -0.3 is 14.4 Å². The van der Waals surface area contributed by atoms with Crippen LogP contribution < -0.4 is 5.32 Å². The van der Waals surface area contributed by atoms with E-state index in [2.05, 4.69) is 5.32 Å². The van der Waals surface area contributed by atoms with Gasteiger partial charge in [-0.2, -0.15) is 0 Å². The number of rotatable bonds is 8. The Morgan fingerprint density at radius 3 is 2.39 bits per heavy atom. The van der Waals surface area contributed by atoms with E-state index in [-0.39, 0.29) is 5.91 Å². The fourth-order valence-electron chi connectivity index (χ4n) is 3.09. The first-order valence-electron chi connectivity index (χ1n) is 9.24. The summed E-state index contributed by atoms with van der Waals surface area (Å²) in [5.74, 6) is -0.142. The maximum Gasteiger partial charge on any atom is 0.330 e. The van der Waals surface area contributed by atoms with Crippen molar-refractivity contribution >= 4 is 42.4 Å². The number of hydrogen-bond donors (Lipinski definition) is 1. The highest BCUT2D eigenvalue weighted by Crippen LogP contribution is 2.48. The van der Waals surface area contributed by atoms with E-state index in [1.807, 2.05) is 36.4 Å². The van der Waals surface area contributed by atoms with Crippen LogP contribution >= 0.6 is 19.2 Å². The summed E-state index contributed by atoms with van der Waals surface area (Å²) in [4.78, 5) is 12.4. The summed E-state index contributed by atoms with van der Waals surface area (Å²) in [6.45, 7) is 4.28. The van der Waals surface area contributed by atoms with E-state index in [1.54, 1.807) is 26.0 Å². The van der Waals surface area contributed by atoms with Crippen LogP contribution in [0.15, 0.2) is 42.5 Å². The molecule has 0 atom stereocenters. The first kappa shape index (κ1) is 20.8.